The van der Waals surface area contributed by atoms with Gasteiger partial charge in [0.15, 0.2) is 0 Å². The van der Waals surface area contributed by atoms with Crippen molar-refractivity contribution in [2.24, 2.45) is 11.3 Å². The van der Waals surface area contributed by atoms with Crippen LogP contribution >= 0.6 is 0 Å². The molecule has 1 rings (SSSR count). The van der Waals surface area contributed by atoms with Crippen molar-refractivity contribution in [3.8, 4) is 0 Å². The molecule has 2 unspecified atom stereocenters. The Balaban J connectivity index is 2.77. The van der Waals surface area contributed by atoms with E-state index in [1.165, 1.54) is 24.1 Å². The summed E-state index contributed by atoms with van der Waals surface area (Å²) in [5, 5.41) is 0. The standard InChI is InChI=1S/C15H27N/c1-11(2)14-9-8-10-16(14)13(4)12(3)15(5,6)7/h12,14H,1,4,8-10H2,2-3,5-7H3. The van der Waals surface area contributed by atoms with Gasteiger partial charge >= 0.3 is 0 Å². The highest BCUT2D eigenvalue weighted by molar-refractivity contribution is 5.14. The summed E-state index contributed by atoms with van der Waals surface area (Å²) in [4.78, 5) is 2.47. The highest BCUT2D eigenvalue weighted by Crippen LogP contribution is 2.36. The molecule has 0 aromatic heterocycles. The third kappa shape index (κ3) is 2.69. The van der Waals surface area contributed by atoms with Gasteiger partial charge in [-0.05, 0) is 25.2 Å². The highest BCUT2D eigenvalue weighted by atomic mass is 15.2. The lowest BCUT2D eigenvalue weighted by Gasteiger charge is -2.37. The van der Waals surface area contributed by atoms with Gasteiger partial charge < -0.3 is 4.90 Å². The van der Waals surface area contributed by atoms with Crippen molar-refractivity contribution in [2.75, 3.05) is 6.54 Å². The number of nitrogens with zero attached hydrogens (tertiary/aromatic N) is 1. The molecule has 2 atom stereocenters. The van der Waals surface area contributed by atoms with Crippen LogP contribution in [0.2, 0.25) is 0 Å². The van der Waals surface area contributed by atoms with E-state index < -0.39 is 0 Å². The van der Waals surface area contributed by atoms with E-state index >= 15 is 0 Å². The van der Waals surface area contributed by atoms with Gasteiger partial charge in [-0.15, -0.1) is 0 Å². The molecule has 92 valence electrons. The van der Waals surface area contributed by atoms with Crippen LogP contribution in [-0.4, -0.2) is 17.5 Å². The Kier molecular flexibility index (Phi) is 3.88. The van der Waals surface area contributed by atoms with E-state index in [0.29, 0.717) is 17.4 Å². The van der Waals surface area contributed by atoms with Crippen LogP contribution in [0.25, 0.3) is 0 Å². The Hall–Kier alpha value is -0.720. The number of allylic oxidation sites excluding steroid dienone is 1. The van der Waals surface area contributed by atoms with Gasteiger partial charge in [0, 0.05) is 24.2 Å². The summed E-state index contributed by atoms with van der Waals surface area (Å²) in [6.07, 6.45) is 2.51. The van der Waals surface area contributed by atoms with Crippen LogP contribution in [0.15, 0.2) is 24.4 Å². The lowest BCUT2D eigenvalue weighted by Crippen LogP contribution is -2.35. The molecule has 0 N–H and O–H groups in total. The van der Waals surface area contributed by atoms with Crippen molar-refractivity contribution in [1.82, 2.24) is 4.90 Å². The van der Waals surface area contributed by atoms with Crippen molar-refractivity contribution >= 4 is 0 Å². The second-order valence-electron chi connectivity index (χ2n) is 6.28. The molecule has 16 heavy (non-hydrogen) atoms. The van der Waals surface area contributed by atoms with Crippen LogP contribution in [-0.2, 0) is 0 Å². The molecule has 1 saturated heterocycles. The van der Waals surface area contributed by atoms with Crippen LogP contribution < -0.4 is 0 Å². The Morgan fingerprint density at radius 2 is 1.88 bits per heavy atom. The lowest BCUT2D eigenvalue weighted by atomic mass is 9.80. The smallest absolute Gasteiger partial charge is 0.0494 e. The van der Waals surface area contributed by atoms with E-state index in [0.717, 1.165) is 6.54 Å². The summed E-state index contributed by atoms with van der Waals surface area (Å²) >= 11 is 0. The first-order valence-electron chi connectivity index (χ1n) is 6.36. The molecule has 1 fully saturated rings. The van der Waals surface area contributed by atoms with E-state index in [-0.39, 0.29) is 0 Å². The minimum absolute atomic E-state index is 0.291. The lowest BCUT2D eigenvalue weighted by molar-refractivity contribution is 0.223. The van der Waals surface area contributed by atoms with E-state index in [4.69, 9.17) is 0 Å². The number of rotatable bonds is 3. The maximum absolute atomic E-state index is 4.32. The fourth-order valence-corrected chi connectivity index (χ4v) is 2.37. The van der Waals surface area contributed by atoms with Crippen molar-refractivity contribution in [3.05, 3.63) is 24.4 Å². The van der Waals surface area contributed by atoms with Gasteiger partial charge in [-0.25, -0.2) is 0 Å². The molecule has 0 bridgehead atoms. The molecule has 1 aliphatic rings. The Morgan fingerprint density at radius 1 is 1.31 bits per heavy atom. The summed E-state index contributed by atoms with van der Waals surface area (Å²) in [6, 6.07) is 0.525. The largest absolute Gasteiger partial charge is 0.368 e. The number of hydrogen-bond acceptors (Lipinski definition) is 1. The topological polar surface area (TPSA) is 3.24 Å². The normalized spacial score (nSPS) is 23.3. The summed E-state index contributed by atoms with van der Waals surface area (Å²) in [5.74, 6) is 0.521. The van der Waals surface area contributed by atoms with Crippen molar-refractivity contribution in [1.29, 1.82) is 0 Å². The minimum atomic E-state index is 0.291. The molecule has 1 heteroatoms. The summed E-state index contributed by atoms with van der Waals surface area (Å²) in [6.45, 7) is 20.9. The van der Waals surface area contributed by atoms with Crippen molar-refractivity contribution in [2.45, 2.75) is 53.5 Å². The zero-order valence-corrected chi connectivity index (χ0v) is 11.6. The average Bonchev–Trinajstić information content (AvgIpc) is 2.62. The van der Waals surface area contributed by atoms with Crippen molar-refractivity contribution < 1.29 is 0 Å². The van der Waals surface area contributed by atoms with Crippen LogP contribution in [0.4, 0.5) is 0 Å². The molecular weight excluding hydrogens is 194 g/mol. The second-order valence-corrected chi connectivity index (χ2v) is 6.28. The van der Waals surface area contributed by atoms with E-state index in [1.807, 2.05) is 0 Å². The van der Waals surface area contributed by atoms with E-state index in [1.54, 1.807) is 0 Å². The van der Waals surface area contributed by atoms with Crippen LogP contribution in [0, 0.1) is 11.3 Å². The first-order valence-corrected chi connectivity index (χ1v) is 6.36. The van der Waals surface area contributed by atoms with Gasteiger partial charge in [0.05, 0.1) is 0 Å². The SMILES string of the molecule is C=C(C)C1CCCN1C(=C)C(C)C(C)(C)C. The summed E-state index contributed by atoms with van der Waals surface area (Å²) in [7, 11) is 0. The van der Waals surface area contributed by atoms with Crippen LogP contribution in [0.5, 0.6) is 0 Å². The molecule has 0 aromatic carbocycles. The van der Waals surface area contributed by atoms with Gasteiger partial charge in [-0.3, -0.25) is 0 Å². The third-order valence-electron chi connectivity index (χ3n) is 3.99. The van der Waals surface area contributed by atoms with Gasteiger partial charge in [-0.1, -0.05) is 46.4 Å². The zero-order chi connectivity index (χ0) is 12.5. The fourth-order valence-electron chi connectivity index (χ4n) is 2.37. The fraction of sp³-hybridized carbons (Fsp3) is 0.733. The predicted molar refractivity (Wildman–Crippen MR) is 72.3 cm³/mol. The maximum Gasteiger partial charge on any atom is 0.0494 e. The molecule has 0 amide bonds. The Labute approximate surface area is 101 Å². The highest BCUT2D eigenvalue weighted by Gasteiger charge is 2.31. The number of likely N-dealkylation sites (tertiary alicyclic amines) is 1. The molecule has 1 nitrogen and oxygen atoms in total. The maximum atomic E-state index is 4.32. The predicted octanol–water partition coefficient (Wildman–Crippen LogP) is 4.22. The van der Waals surface area contributed by atoms with Crippen molar-refractivity contribution in [3.63, 3.8) is 0 Å². The molecule has 1 aliphatic heterocycles. The van der Waals surface area contributed by atoms with Crippen LogP contribution in [0.3, 0.4) is 0 Å². The molecule has 0 aliphatic carbocycles. The quantitative estimate of drug-likeness (QED) is 0.645. The van der Waals surface area contributed by atoms with Gasteiger partial charge in [-0.2, -0.15) is 0 Å². The first kappa shape index (κ1) is 13.3. The molecular formula is C15H27N. The van der Waals surface area contributed by atoms with E-state index in [9.17, 15) is 0 Å². The van der Waals surface area contributed by atoms with Gasteiger partial charge in [0.1, 0.15) is 0 Å². The molecule has 0 saturated carbocycles. The minimum Gasteiger partial charge on any atom is -0.368 e. The third-order valence-corrected chi connectivity index (χ3v) is 3.99. The van der Waals surface area contributed by atoms with E-state index in [2.05, 4.69) is 52.7 Å². The number of hydrogen-bond donors (Lipinski definition) is 0. The second kappa shape index (κ2) is 4.65. The molecule has 0 radical (unpaired) electrons. The molecule has 0 aromatic rings. The Bertz CT molecular complexity index is 282. The zero-order valence-electron chi connectivity index (χ0n) is 11.6. The Morgan fingerprint density at radius 3 is 2.31 bits per heavy atom. The average molecular weight is 221 g/mol. The van der Waals surface area contributed by atoms with Gasteiger partial charge in [0.2, 0.25) is 0 Å². The van der Waals surface area contributed by atoms with Crippen LogP contribution in [0.1, 0.15) is 47.5 Å². The summed E-state index contributed by atoms with van der Waals surface area (Å²) < 4.78 is 0. The first-order chi connectivity index (χ1) is 7.25. The molecule has 1 heterocycles. The molecule has 0 spiro atoms. The summed E-state index contributed by atoms with van der Waals surface area (Å²) in [5.41, 5.74) is 2.86. The monoisotopic (exact) mass is 221 g/mol. The van der Waals surface area contributed by atoms with Gasteiger partial charge in [0.25, 0.3) is 0 Å².